The van der Waals surface area contributed by atoms with Gasteiger partial charge in [0.1, 0.15) is 0 Å². The number of benzene rings is 6. The van der Waals surface area contributed by atoms with Crippen LogP contribution >= 0.6 is 0 Å². The highest BCUT2D eigenvalue weighted by Gasteiger charge is 2.59. The molecule has 0 bridgehead atoms. The van der Waals surface area contributed by atoms with E-state index in [1.165, 1.54) is 87.1 Å². The van der Waals surface area contributed by atoms with Crippen LogP contribution in [0.2, 0.25) is 0 Å². The van der Waals surface area contributed by atoms with Crippen molar-refractivity contribution < 1.29 is 0 Å². The van der Waals surface area contributed by atoms with Gasteiger partial charge in [0.25, 0.3) is 0 Å². The third-order valence-corrected chi connectivity index (χ3v) is 12.6. The number of hydrogen-bond acceptors (Lipinski definition) is 1. The molecule has 0 spiro atoms. The summed E-state index contributed by atoms with van der Waals surface area (Å²) < 4.78 is 0. The van der Waals surface area contributed by atoms with Crippen LogP contribution in [0.3, 0.4) is 0 Å². The van der Waals surface area contributed by atoms with Crippen LogP contribution in [0.5, 0.6) is 0 Å². The number of fused-ring (bicyclic) bond motifs is 6. The highest BCUT2D eigenvalue weighted by atomic mass is 15.3. The molecule has 1 nitrogen and oxygen atoms in total. The number of nitrogens with zero attached hydrogens (tertiary/aromatic N) is 1. The molecule has 0 aromatic heterocycles. The van der Waals surface area contributed by atoms with Crippen LogP contribution in [-0.4, -0.2) is 5.54 Å². The number of para-hydroxylation sites is 1. The highest BCUT2D eigenvalue weighted by Crippen LogP contribution is 2.63. The summed E-state index contributed by atoms with van der Waals surface area (Å²) in [6, 6.07) is 57.0. The van der Waals surface area contributed by atoms with Gasteiger partial charge in [-0.25, -0.2) is 0 Å². The first kappa shape index (κ1) is 29.3. The number of anilines is 2. The zero-order chi connectivity index (χ0) is 32.5. The Bertz CT molecular complexity index is 2090. The summed E-state index contributed by atoms with van der Waals surface area (Å²) in [6.07, 6.45) is 4.98. The third kappa shape index (κ3) is 3.91. The average molecular weight is 622 g/mol. The molecule has 0 N–H and O–H groups in total. The van der Waals surface area contributed by atoms with Crippen LogP contribution in [0.15, 0.2) is 152 Å². The number of hydrogen-bond donors (Lipinski definition) is 0. The molecule has 1 aliphatic heterocycles. The Labute approximate surface area is 285 Å². The third-order valence-electron chi connectivity index (χ3n) is 12.6. The zero-order valence-corrected chi connectivity index (χ0v) is 28.3. The van der Waals surface area contributed by atoms with Gasteiger partial charge in [-0.3, -0.25) is 0 Å². The van der Waals surface area contributed by atoms with Gasteiger partial charge in [0, 0.05) is 16.8 Å². The molecule has 6 aromatic rings. The van der Waals surface area contributed by atoms with E-state index < -0.39 is 0 Å². The van der Waals surface area contributed by atoms with Crippen molar-refractivity contribution in [1.82, 2.24) is 0 Å². The predicted octanol–water partition coefficient (Wildman–Crippen LogP) is 12.1. The monoisotopic (exact) mass is 621 g/mol. The maximum absolute atomic E-state index is 2.69. The van der Waals surface area contributed by atoms with E-state index >= 15 is 0 Å². The quantitative estimate of drug-likeness (QED) is 0.185. The first-order valence-electron chi connectivity index (χ1n) is 17.8. The second-order valence-electron chi connectivity index (χ2n) is 14.8. The Balaban J connectivity index is 1.24. The fourth-order valence-electron chi connectivity index (χ4n) is 10.0. The summed E-state index contributed by atoms with van der Waals surface area (Å²) in [5.41, 5.74) is 14.5. The molecule has 48 heavy (non-hydrogen) atoms. The molecule has 1 fully saturated rings. The minimum atomic E-state index is -0.367. The summed E-state index contributed by atoms with van der Waals surface area (Å²) in [4.78, 5) is 2.69. The maximum Gasteiger partial charge on any atom is 0.0713 e. The molecular weight excluding hydrogens is 579 g/mol. The van der Waals surface area contributed by atoms with Crippen molar-refractivity contribution in [3.8, 4) is 22.3 Å². The summed E-state index contributed by atoms with van der Waals surface area (Å²) in [7, 11) is 0. The lowest BCUT2D eigenvalue weighted by Gasteiger charge is -2.52. The molecular formula is C47H43N. The van der Waals surface area contributed by atoms with E-state index in [2.05, 4.69) is 177 Å². The van der Waals surface area contributed by atoms with E-state index in [1.54, 1.807) is 0 Å². The molecule has 3 aliphatic rings. The Morgan fingerprint density at radius 2 is 1.17 bits per heavy atom. The van der Waals surface area contributed by atoms with Gasteiger partial charge in [-0.15, -0.1) is 0 Å². The maximum atomic E-state index is 2.69. The SMILES string of the molecule is CCC1CCC2(C)N(c3ccccc3)c3ccc(-c4ccc5c(c4)-c4ccccc4C5(c4ccccc4)c4ccccc4)cc3C2(C)C1. The molecule has 3 atom stereocenters. The number of rotatable bonds is 5. The van der Waals surface area contributed by atoms with Gasteiger partial charge < -0.3 is 4.90 Å². The molecule has 9 rings (SSSR count). The zero-order valence-electron chi connectivity index (χ0n) is 28.3. The second kappa shape index (κ2) is 10.8. The van der Waals surface area contributed by atoms with E-state index in [0.717, 1.165) is 5.92 Å². The van der Waals surface area contributed by atoms with Gasteiger partial charge in [-0.05, 0) is 113 Å². The van der Waals surface area contributed by atoms with Gasteiger partial charge >= 0.3 is 0 Å². The molecule has 2 aliphatic carbocycles. The van der Waals surface area contributed by atoms with E-state index in [1.807, 2.05) is 0 Å². The molecule has 1 heterocycles. The van der Waals surface area contributed by atoms with Crippen LogP contribution in [0, 0.1) is 5.92 Å². The van der Waals surface area contributed by atoms with Crippen molar-refractivity contribution >= 4 is 11.4 Å². The largest absolute Gasteiger partial charge is 0.334 e. The second-order valence-corrected chi connectivity index (χ2v) is 14.8. The summed E-state index contributed by atoms with van der Waals surface area (Å²) in [5, 5.41) is 0. The van der Waals surface area contributed by atoms with Gasteiger partial charge in [0.2, 0.25) is 0 Å². The molecule has 1 saturated carbocycles. The van der Waals surface area contributed by atoms with Gasteiger partial charge in [-0.2, -0.15) is 0 Å². The summed E-state index contributed by atoms with van der Waals surface area (Å²) >= 11 is 0. The van der Waals surface area contributed by atoms with E-state index in [4.69, 9.17) is 0 Å². The molecule has 6 aromatic carbocycles. The first-order chi connectivity index (χ1) is 23.5. The van der Waals surface area contributed by atoms with E-state index in [0.29, 0.717) is 0 Å². The molecule has 0 radical (unpaired) electrons. The minimum Gasteiger partial charge on any atom is -0.334 e. The topological polar surface area (TPSA) is 3.24 Å². The summed E-state index contributed by atoms with van der Waals surface area (Å²) in [6.45, 7) is 7.48. The van der Waals surface area contributed by atoms with Crippen molar-refractivity contribution in [2.24, 2.45) is 5.92 Å². The average Bonchev–Trinajstić information content (AvgIpc) is 3.55. The molecule has 3 unspecified atom stereocenters. The van der Waals surface area contributed by atoms with Crippen LogP contribution in [0.25, 0.3) is 22.3 Å². The molecule has 0 saturated heterocycles. The normalized spacial score (nSPS) is 23.2. The molecule has 236 valence electrons. The highest BCUT2D eigenvalue weighted by molar-refractivity contribution is 5.89. The van der Waals surface area contributed by atoms with Crippen molar-refractivity contribution in [1.29, 1.82) is 0 Å². The Hall–Kier alpha value is -4.88. The Morgan fingerprint density at radius 3 is 1.85 bits per heavy atom. The van der Waals surface area contributed by atoms with Crippen molar-refractivity contribution in [2.75, 3.05) is 4.90 Å². The predicted molar refractivity (Wildman–Crippen MR) is 201 cm³/mol. The molecule has 1 heteroatoms. The smallest absolute Gasteiger partial charge is 0.0713 e. The van der Waals surface area contributed by atoms with Gasteiger partial charge in [-0.1, -0.05) is 142 Å². The first-order valence-corrected chi connectivity index (χ1v) is 17.8. The standard InChI is InChI=1S/C47H43N/c1-4-33-28-29-46(3)45(2,32-33)43-31-35(25-27-44(43)48(46)38-20-12-7-13-21-38)34-24-26-42-40(30-34)39-22-14-15-23-41(39)47(42,36-16-8-5-9-17-36)37-18-10-6-11-19-37/h5-27,30-31,33H,4,28-29,32H2,1-3H3. The minimum absolute atomic E-state index is 0.0306. The Kier molecular flexibility index (Phi) is 6.60. The van der Waals surface area contributed by atoms with Crippen molar-refractivity contribution in [3.63, 3.8) is 0 Å². The van der Waals surface area contributed by atoms with Gasteiger partial charge in [0.05, 0.1) is 11.0 Å². The molecule has 0 amide bonds. The van der Waals surface area contributed by atoms with Crippen molar-refractivity contribution in [2.45, 2.75) is 62.8 Å². The van der Waals surface area contributed by atoms with Crippen molar-refractivity contribution in [3.05, 3.63) is 179 Å². The van der Waals surface area contributed by atoms with Crippen LogP contribution in [0.1, 0.15) is 74.3 Å². The van der Waals surface area contributed by atoms with E-state index in [9.17, 15) is 0 Å². The lowest BCUT2D eigenvalue weighted by atomic mass is 9.58. The van der Waals surface area contributed by atoms with Crippen LogP contribution < -0.4 is 4.90 Å². The fourth-order valence-corrected chi connectivity index (χ4v) is 10.0. The lowest BCUT2D eigenvalue weighted by Crippen LogP contribution is -2.56. The van der Waals surface area contributed by atoms with Crippen LogP contribution in [0.4, 0.5) is 11.4 Å². The van der Waals surface area contributed by atoms with E-state index in [-0.39, 0.29) is 16.4 Å². The van der Waals surface area contributed by atoms with Crippen LogP contribution in [-0.2, 0) is 10.8 Å². The van der Waals surface area contributed by atoms with Gasteiger partial charge in [0.15, 0.2) is 0 Å². The lowest BCUT2D eigenvalue weighted by molar-refractivity contribution is 0.143. The Morgan fingerprint density at radius 1 is 0.583 bits per heavy atom. The summed E-state index contributed by atoms with van der Waals surface area (Å²) in [5.74, 6) is 0.760. The fraction of sp³-hybridized carbons (Fsp3) is 0.234.